The molecule has 0 bridgehead atoms. The normalized spacial score (nSPS) is 11.6. The molecule has 9 nitrogen and oxygen atoms in total. The molecule has 0 fully saturated rings. The number of carbonyl (C=O) groups is 2. The second-order valence-electron chi connectivity index (χ2n) is 7.59. The average Bonchev–Trinajstić information content (AvgIpc) is 3.27. The van der Waals surface area contributed by atoms with Gasteiger partial charge in [-0.3, -0.25) is 19.7 Å². The first-order chi connectivity index (χ1) is 15.8. The number of benzene rings is 2. The summed E-state index contributed by atoms with van der Waals surface area (Å²) in [7, 11) is 0. The molecule has 0 aliphatic heterocycles. The molecule has 3 aromatic rings. The van der Waals surface area contributed by atoms with Gasteiger partial charge in [-0.05, 0) is 26.3 Å². The molecule has 1 aromatic heterocycles. The Bertz CT molecular complexity index is 1150. The number of nitrogens with one attached hydrogen (secondary N) is 1. The first kappa shape index (κ1) is 24.0. The molecular weight excluding hydrogens is 442 g/mol. The summed E-state index contributed by atoms with van der Waals surface area (Å²) in [5, 5.41) is 23.2. The first-order valence-electron chi connectivity index (χ1n) is 10.5. The minimum atomic E-state index is -0.501. The van der Waals surface area contributed by atoms with Crippen molar-refractivity contribution in [2.45, 2.75) is 39.7 Å². The largest absolute Gasteiger partial charge is 0.335 e. The predicted octanol–water partition coefficient (Wildman–Crippen LogP) is 4.69. The van der Waals surface area contributed by atoms with Gasteiger partial charge in [-0.25, -0.2) is 0 Å². The van der Waals surface area contributed by atoms with E-state index in [0.29, 0.717) is 22.1 Å². The number of hydrogen-bond donors (Lipinski definition) is 1. The molecule has 1 heterocycles. The van der Waals surface area contributed by atoms with Crippen LogP contribution in [0.4, 0.5) is 10.8 Å². The van der Waals surface area contributed by atoms with E-state index in [1.54, 1.807) is 24.0 Å². The van der Waals surface area contributed by atoms with E-state index in [9.17, 15) is 19.7 Å². The summed E-state index contributed by atoms with van der Waals surface area (Å²) in [6.45, 7) is 5.62. The number of nitro benzene ring substituents is 1. The van der Waals surface area contributed by atoms with Crippen LogP contribution in [0.15, 0.2) is 48.5 Å². The van der Waals surface area contributed by atoms with E-state index >= 15 is 0 Å². The van der Waals surface area contributed by atoms with Crippen molar-refractivity contribution in [1.29, 1.82) is 0 Å². The zero-order chi connectivity index (χ0) is 24.0. The van der Waals surface area contributed by atoms with E-state index < -0.39 is 4.92 Å². The van der Waals surface area contributed by atoms with Crippen LogP contribution in [0.25, 0.3) is 10.6 Å². The zero-order valence-corrected chi connectivity index (χ0v) is 19.5. The highest BCUT2D eigenvalue weighted by Crippen LogP contribution is 2.26. The summed E-state index contributed by atoms with van der Waals surface area (Å²) in [5.74, 6) is -0.635. The summed E-state index contributed by atoms with van der Waals surface area (Å²) in [4.78, 5) is 38.0. The third kappa shape index (κ3) is 5.98. The highest BCUT2D eigenvalue weighted by Gasteiger charge is 2.24. The lowest BCUT2D eigenvalue weighted by Gasteiger charge is -2.28. The number of aryl methyl sites for hydroxylation is 1. The Kier molecular flexibility index (Phi) is 7.83. The van der Waals surface area contributed by atoms with E-state index in [2.05, 4.69) is 15.5 Å². The third-order valence-corrected chi connectivity index (χ3v) is 6.20. The van der Waals surface area contributed by atoms with Gasteiger partial charge in [-0.2, -0.15) is 0 Å². The van der Waals surface area contributed by atoms with Crippen LogP contribution in [-0.4, -0.2) is 44.4 Å². The van der Waals surface area contributed by atoms with Gasteiger partial charge in [0.2, 0.25) is 11.0 Å². The molecule has 1 atom stereocenters. The lowest BCUT2D eigenvalue weighted by Crippen LogP contribution is -2.40. The molecule has 172 valence electrons. The fourth-order valence-corrected chi connectivity index (χ4v) is 3.99. The lowest BCUT2D eigenvalue weighted by molar-refractivity contribution is -0.385. The summed E-state index contributed by atoms with van der Waals surface area (Å²) in [6, 6.07) is 13.8. The number of nitrogens with zero attached hydrogens (tertiary/aromatic N) is 4. The Balaban J connectivity index is 1.67. The van der Waals surface area contributed by atoms with Crippen molar-refractivity contribution >= 4 is 34.0 Å². The zero-order valence-electron chi connectivity index (χ0n) is 18.6. The summed E-state index contributed by atoms with van der Waals surface area (Å²) >= 11 is 1.27. The van der Waals surface area contributed by atoms with E-state index in [1.807, 2.05) is 44.2 Å². The lowest BCUT2D eigenvalue weighted by atomic mass is 10.1. The summed E-state index contributed by atoms with van der Waals surface area (Å²) in [6.07, 6.45) is 0.739. The first-order valence-corrected chi connectivity index (χ1v) is 11.4. The van der Waals surface area contributed by atoms with Crippen molar-refractivity contribution in [3.8, 4) is 10.6 Å². The maximum absolute atomic E-state index is 13.1. The SMILES string of the molecule is CCC(C)N(CCC(=O)Nc1nnc(-c2ccccc2)s1)C(=O)c1ccc(C)c([N+](=O)[O-])c1. The Morgan fingerprint density at radius 2 is 1.91 bits per heavy atom. The second-order valence-corrected chi connectivity index (χ2v) is 8.57. The van der Waals surface area contributed by atoms with E-state index in [1.165, 1.54) is 17.4 Å². The maximum atomic E-state index is 13.1. The topological polar surface area (TPSA) is 118 Å². The van der Waals surface area contributed by atoms with E-state index in [4.69, 9.17) is 0 Å². The number of nitro groups is 1. The van der Waals surface area contributed by atoms with Crippen molar-refractivity contribution in [2.24, 2.45) is 0 Å². The molecule has 2 aromatic carbocycles. The summed E-state index contributed by atoms with van der Waals surface area (Å²) < 4.78 is 0. The molecule has 2 amide bonds. The molecule has 0 aliphatic rings. The molecule has 0 radical (unpaired) electrons. The fourth-order valence-electron chi connectivity index (χ4n) is 3.22. The van der Waals surface area contributed by atoms with Crippen LogP contribution < -0.4 is 5.32 Å². The van der Waals surface area contributed by atoms with Crippen LogP contribution in [-0.2, 0) is 4.79 Å². The predicted molar refractivity (Wildman–Crippen MR) is 127 cm³/mol. The Hall–Kier alpha value is -3.66. The van der Waals surface area contributed by atoms with Gasteiger partial charge in [0.05, 0.1) is 4.92 Å². The van der Waals surface area contributed by atoms with Gasteiger partial charge in [-0.1, -0.05) is 54.7 Å². The maximum Gasteiger partial charge on any atom is 0.273 e. The molecule has 0 spiro atoms. The number of aromatic nitrogens is 2. The van der Waals surface area contributed by atoms with Crippen LogP contribution in [0, 0.1) is 17.0 Å². The number of anilines is 1. The molecule has 1 unspecified atom stereocenters. The van der Waals surface area contributed by atoms with Crippen LogP contribution in [0.2, 0.25) is 0 Å². The monoisotopic (exact) mass is 467 g/mol. The highest BCUT2D eigenvalue weighted by atomic mass is 32.1. The van der Waals surface area contributed by atoms with Gasteiger partial charge >= 0.3 is 0 Å². The fraction of sp³-hybridized carbons (Fsp3) is 0.304. The number of rotatable bonds is 9. The third-order valence-electron chi connectivity index (χ3n) is 5.31. The van der Waals surface area contributed by atoms with Gasteiger partial charge in [-0.15, -0.1) is 10.2 Å². The van der Waals surface area contributed by atoms with Gasteiger partial charge in [0.25, 0.3) is 11.6 Å². The molecule has 0 saturated carbocycles. The summed E-state index contributed by atoms with van der Waals surface area (Å²) in [5.41, 5.74) is 1.52. The molecular formula is C23H25N5O4S. The van der Waals surface area contributed by atoms with Crippen LogP contribution in [0.3, 0.4) is 0 Å². The molecule has 33 heavy (non-hydrogen) atoms. The van der Waals surface area contributed by atoms with Gasteiger partial charge in [0.1, 0.15) is 5.01 Å². The van der Waals surface area contributed by atoms with Crippen LogP contribution in [0.1, 0.15) is 42.6 Å². The molecule has 0 aliphatic carbocycles. The standard InChI is InChI=1S/C23H25N5O4S/c1-4-16(3)27(22(30)18-11-10-15(2)19(14-18)28(31)32)13-12-20(29)24-23-26-25-21(33-23)17-8-6-5-7-9-17/h5-11,14,16H,4,12-13H2,1-3H3,(H,24,26,29). The Morgan fingerprint density at radius 3 is 2.58 bits per heavy atom. The highest BCUT2D eigenvalue weighted by molar-refractivity contribution is 7.18. The van der Waals surface area contributed by atoms with Crippen molar-refractivity contribution in [1.82, 2.24) is 15.1 Å². The van der Waals surface area contributed by atoms with Crippen LogP contribution >= 0.6 is 11.3 Å². The molecule has 10 heteroatoms. The molecule has 3 rings (SSSR count). The molecule has 0 saturated heterocycles. The average molecular weight is 468 g/mol. The van der Waals surface area contributed by atoms with Crippen molar-refractivity contribution in [3.63, 3.8) is 0 Å². The number of carbonyl (C=O) groups excluding carboxylic acids is 2. The number of hydrogen-bond acceptors (Lipinski definition) is 7. The second kappa shape index (κ2) is 10.8. The van der Waals surface area contributed by atoms with Gasteiger partial charge in [0, 0.05) is 41.8 Å². The van der Waals surface area contributed by atoms with Gasteiger partial charge < -0.3 is 10.2 Å². The van der Waals surface area contributed by atoms with Crippen LogP contribution in [0.5, 0.6) is 0 Å². The van der Waals surface area contributed by atoms with Crippen molar-refractivity contribution in [2.75, 3.05) is 11.9 Å². The quantitative estimate of drug-likeness (QED) is 0.360. The minimum Gasteiger partial charge on any atom is -0.335 e. The van der Waals surface area contributed by atoms with Gasteiger partial charge in [0.15, 0.2) is 0 Å². The number of amides is 2. The van der Waals surface area contributed by atoms with Crippen molar-refractivity contribution in [3.05, 3.63) is 69.8 Å². The Labute approximate surface area is 195 Å². The van der Waals surface area contributed by atoms with E-state index in [-0.39, 0.29) is 42.1 Å². The van der Waals surface area contributed by atoms with E-state index in [0.717, 1.165) is 5.56 Å². The smallest absolute Gasteiger partial charge is 0.273 e. The Morgan fingerprint density at radius 1 is 1.18 bits per heavy atom. The molecule has 1 N–H and O–H groups in total. The van der Waals surface area contributed by atoms with Crippen molar-refractivity contribution < 1.29 is 14.5 Å². The minimum absolute atomic E-state index is 0.0598.